The molecule has 3 heteroatoms. The molecule has 0 saturated carbocycles. The molecule has 0 amide bonds. The van der Waals surface area contributed by atoms with E-state index in [0.29, 0.717) is 6.61 Å². The van der Waals surface area contributed by atoms with E-state index >= 15 is 0 Å². The predicted molar refractivity (Wildman–Crippen MR) is 78.9 cm³/mol. The first-order valence-electron chi connectivity index (χ1n) is 7.39. The average Bonchev–Trinajstić information content (AvgIpc) is 2.68. The third kappa shape index (κ3) is 4.50. The van der Waals surface area contributed by atoms with Gasteiger partial charge < -0.3 is 9.30 Å². The number of carbonyl (C=O) groups excluding carboxylic acids is 1. The first-order valence-corrected chi connectivity index (χ1v) is 7.39. The zero-order valence-electron chi connectivity index (χ0n) is 12.8. The van der Waals surface area contributed by atoms with Crippen LogP contribution in [0.1, 0.15) is 61.3 Å². The summed E-state index contributed by atoms with van der Waals surface area (Å²) in [4.78, 5) is 12.1. The molecule has 108 valence electrons. The number of unbranched alkanes of at least 4 members (excludes halogenated alkanes) is 3. The number of hydrogen-bond acceptors (Lipinski definition) is 2. The smallest absolute Gasteiger partial charge is 0.190 e. The number of carbonyl (C=O) groups is 1. The molecule has 0 saturated heterocycles. The molecule has 0 aliphatic heterocycles. The third-order valence-corrected chi connectivity index (χ3v) is 3.57. The van der Waals surface area contributed by atoms with Gasteiger partial charge >= 0.3 is 0 Å². The minimum atomic E-state index is 0.100. The van der Waals surface area contributed by atoms with Crippen LogP contribution in [0.25, 0.3) is 0 Å². The normalized spacial score (nSPS) is 10.9. The van der Waals surface area contributed by atoms with Gasteiger partial charge in [0.1, 0.15) is 6.61 Å². The Bertz CT molecular complexity index is 407. The highest BCUT2D eigenvalue weighted by atomic mass is 16.5. The zero-order valence-corrected chi connectivity index (χ0v) is 12.8. The molecule has 19 heavy (non-hydrogen) atoms. The number of nitrogens with zero attached hydrogens (tertiary/aromatic N) is 1. The number of aryl methyl sites for hydroxylation is 1. The lowest BCUT2D eigenvalue weighted by molar-refractivity contribution is 0.0751. The molecular formula is C16H27NO2. The van der Waals surface area contributed by atoms with E-state index in [1.54, 1.807) is 0 Å². The van der Waals surface area contributed by atoms with Crippen molar-refractivity contribution in [2.45, 2.75) is 59.9 Å². The first kappa shape index (κ1) is 16.0. The van der Waals surface area contributed by atoms with Gasteiger partial charge in [0, 0.05) is 30.1 Å². The van der Waals surface area contributed by atoms with Crippen molar-refractivity contribution in [3.05, 3.63) is 23.0 Å². The fourth-order valence-corrected chi connectivity index (χ4v) is 2.44. The summed E-state index contributed by atoms with van der Waals surface area (Å²) in [6.07, 6.45) is 4.71. The number of ketones is 1. The number of Topliss-reactive ketones (excluding diaryl/α,β-unsaturated/α-hetero) is 1. The summed E-state index contributed by atoms with van der Waals surface area (Å²) in [6.45, 7) is 10.1. The van der Waals surface area contributed by atoms with E-state index in [-0.39, 0.29) is 12.4 Å². The number of aromatic nitrogens is 1. The Labute approximate surface area is 117 Å². The van der Waals surface area contributed by atoms with Crippen molar-refractivity contribution in [2.75, 3.05) is 13.2 Å². The zero-order chi connectivity index (χ0) is 14.3. The molecule has 1 rings (SSSR count). The van der Waals surface area contributed by atoms with Crippen LogP contribution in [0.15, 0.2) is 6.07 Å². The SMILES string of the molecule is CCCCCCOCC(=O)c1cc(C)n(CC)c1C. The molecule has 3 nitrogen and oxygen atoms in total. The van der Waals surface area contributed by atoms with Crippen LogP contribution >= 0.6 is 0 Å². The molecule has 0 aliphatic rings. The van der Waals surface area contributed by atoms with Gasteiger partial charge in [-0.25, -0.2) is 0 Å². The molecule has 0 bridgehead atoms. The van der Waals surface area contributed by atoms with E-state index in [1.165, 1.54) is 19.3 Å². The lowest BCUT2D eigenvalue weighted by atomic mass is 10.1. The molecule has 1 aromatic rings. The van der Waals surface area contributed by atoms with Crippen LogP contribution in [0.2, 0.25) is 0 Å². The first-order chi connectivity index (χ1) is 9.11. The third-order valence-electron chi connectivity index (χ3n) is 3.57. The summed E-state index contributed by atoms with van der Waals surface area (Å²) in [7, 11) is 0. The maximum Gasteiger partial charge on any atom is 0.190 e. The van der Waals surface area contributed by atoms with Crippen LogP contribution in [0.4, 0.5) is 0 Å². The Morgan fingerprint density at radius 2 is 1.95 bits per heavy atom. The van der Waals surface area contributed by atoms with Crippen molar-refractivity contribution in [1.82, 2.24) is 4.57 Å². The number of hydrogen-bond donors (Lipinski definition) is 0. The van der Waals surface area contributed by atoms with Gasteiger partial charge in [0.2, 0.25) is 0 Å². The van der Waals surface area contributed by atoms with E-state index in [0.717, 1.165) is 29.9 Å². The summed E-state index contributed by atoms with van der Waals surface area (Å²) < 4.78 is 7.64. The monoisotopic (exact) mass is 265 g/mol. The maximum atomic E-state index is 12.1. The maximum absolute atomic E-state index is 12.1. The van der Waals surface area contributed by atoms with Crippen LogP contribution in [-0.4, -0.2) is 23.6 Å². The van der Waals surface area contributed by atoms with Gasteiger partial charge in [-0.15, -0.1) is 0 Å². The Kier molecular flexibility index (Phi) is 6.85. The van der Waals surface area contributed by atoms with Crippen molar-refractivity contribution < 1.29 is 9.53 Å². The standard InChI is InChI=1S/C16H27NO2/c1-5-7-8-9-10-19-12-16(18)15-11-13(3)17(6-2)14(15)4/h11H,5-10,12H2,1-4H3. The lowest BCUT2D eigenvalue weighted by Crippen LogP contribution is -2.11. The highest BCUT2D eigenvalue weighted by Crippen LogP contribution is 2.15. The van der Waals surface area contributed by atoms with Gasteiger partial charge in [-0.3, -0.25) is 4.79 Å². The molecular weight excluding hydrogens is 238 g/mol. The minimum absolute atomic E-state index is 0.100. The van der Waals surface area contributed by atoms with Crippen LogP contribution in [0.5, 0.6) is 0 Å². The molecule has 0 radical (unpaired) electrons. The van der Waals surface area contributed by atoms with Gasteiger partial charge in [-0.1, -0.05) is 26.2 Å². The summed E-state index contributed by atoms with van der Waals surface area (Å²) in [5.41, 5.74) is 3.01. The lowest BCUT2D eigenvalue weighted by Gasteiger charge is -2.06. The second kappa shape index (κ2) is 8.16. The molecule has 0 unspecified atom stereocenters. The molecule has 0 aromatic carbocycles. The summed E-state index contributed by atoms with van der Waals surface area (Å²) in [5.74, 6) is 0.100. The summed E-state index contributed by atoms with van der Waals surface area (Å²) >= 11 is 0. The van der Waals surface area contributed by atoms with E-state index in [1.807, 2.05) is 19.9 Å². The number of rotatable bonds is 9. The second-order valence-electron chi connectivity index (χ2n) is 5.07. The second-order valence-corrected chi connectivity index (χ2v) is 5.07. The van der Waals surface area contributed by atoms with Gasteiger partial charge in [0.15, 0.2) is 5.78 Å². The van der Waals surface area contributed by atoms with Crippen LogP contribution in [0, 0.1) is 13.8 Å². The molecule has 0 spiro atoms. The van der Waals surface area contributed by atoms with E-state index < -0.39 is 0 Å². The molecule has 1 heterocycles. The van der Waals surface area contributed by atoms with Crippen molar-refractivity contribution in [3.8, 4) is 0 Å². The van der Waals surface area contributed by atoms with E-state index in [4.69, 9.17) is 4.74 Å². The van der Waals surface area contributed by atoms with E-state index in [2.05, 4.69) is 18.4 Å². The van der Waals surface area contributed by atoms with Crippen molar-refractivity contribution in [3.63, 3.8) is 0 Å². The average molecular weight is 265 g/mol. The topological polar surface area (TPSA) is 31.2 Å². The largest absolute Gasteiger partial charge is 0.373 e. The van der Waals surface area contributed by atoms with Gasteiger partial charge in [0.25, 0.3) is 0 Å². The van der Waals surface area contributed by atoms with Gasteiger partial charge in [0.05, 0.1) is 0 Å². The molecule has 0 aliphatic carbocycles. The Morgan fingerprint density at radius 3 is 2.53 bits per heavy atom. The quantitative estimate of drug-likeness (QED) is 0.501. The number of ether oxygens (including phenoxy) is 1. The minimum Gasteiger partial charge on any atom is -0.373 e. The van der Waals surface area contributed by atoms with E-state index in [9.17, 15) is 4.79 Å². The van der Waals surface area contributed by atoms with Crippen molar-refractivity contribution in [1.29, 1.82) is 0 Å². The predicted octanol–water partition coefficient (Wildman–Crippen LogP) is 3.90. The Morgan fingerprint density at radius 1 is 1.21 bits per heavy atom. The summed E-state index contributed by atoms with van der Waals surface area (Å²) in [5, 5.41) is 0. The molecule has 0 fully saturated rings. The van der Waals surface area contributed by atoms with Crippen molar-refractivity contribution in [2.24, 2.45) is 0 Å². The van der Waals surface area contributed by atoms with Gasteiger partial charge in [-0.05, 0) is 33.3 Å². The summed E-state index contributed by atoms with van der Waals surface area (Å²) in [6, 6.07) is 1.97. The Balaban J connectivity index is 2.42. The fraction of sp³-hybridized carbons (Fsp3) is 0.688. The van der Waals surface area contributed by atoms with Crippen LogP contribution in [-0.2, 0) is 11.3 Å². The Hall–Kier alpha value is -1.09. The molecule has 1 aromatic heterocycles. The van der Waals surface area contributed by atoms with Crippen molar-refractivity contribution >= 4 is 5.78 Å². The fourth-order valence-electron chi connectivity index (χ4n) is 2.44. The highest BCUT2D eigenvalue weighted by Gasteiger charge is 2.14. The van der Waals surface area contributed by atoms with Crippen LogP contribution in [0.3, 0.4) is 0 Å². The highest BCUT2D eigenvalue weighted by molar-refractivity contribution is 5.98. The molecule has 0 atom stereocenters. The van der Waals surface area contributed by atoms with Gasteiger partial charge in [-0.2, -0.15) is 0 Å². The van der Waals surface area contributed by atoms with Crippen LogP contribution < -0.4 is 0 Å². The molecule has 0 N–H and O–H groups in total.